The minimum absolute atomic E-state index is 0.186. The first kappa shape index (κ1) is 20.8. The monoisotopic (exact) mass is 395 g/mol. The van der Waals surface area contributed by atoms with E-state index in [1.807, 2.05) is 4.98 Å². The molecule has 1 aromatic heterocycles. The third-order valence-corrected chi connectivity index (χ3v) is 3.72. The lowest BCUT2D eigenvalue weighted by Gasteiger charge is -2.17. The number of aromatic nitrogens is 2. The van der Waals surface area contributed by atoms with Crippen LogP contribution in [0.25, 0.3) is 6.08 Å². The van der Waals surface area contributed by atoms with Crippen LogP contribution < -0.4 is 16.6 Å². The molecular formula is C14H16F3N3O7. The summed E-state index contributed by atoms with van der Waals surface area (Å²) in [6, 6.07) is 0. The number of nitrogens with one attached hydrogen (secondary N) is 2. The van der Waals surface area contributed by atoms with Crippen molar-refractivity contribution in [1.29, 1.82) is 0 Å². The van der Waals surface area contributed by atoms with Crippen LogP contribution in [0.3, 0.4) is 0 Å². The van der Waals surface area contributed by atoms with Crippen molar-refractivity contribution in [2.75, 3.05) is 13.2 Å². The van der Waals surface area contributed by atoms with E-state index in [0.717, 1.165) is 22.9 Å². The van der Waals surface area contributed by atoms with Crippen molar-refractivity contribution in [3.63, 3.8) is 0 Å². The number of amides is 1. The van der Waals surface area contributed by atoms with Crippen molar-refractivity contribution in [1.82, 2.24) is 14.9 Å². The Morgan fingerprint density at radius 3 is 2.56 bits per heavy atom. The Bertz CT molecular complexity index is 832. The van der Waals surface area contributed by atoms with E-state index in [2.05, 4.69) is 0 Å². The van der Waals surface area contributed by atoms with Gasteiger partial charge in [0.15, 0.2) is 6.23 Å². The van der Waals surface area contributed by atoms with Crippen LogP contribution in [0.2, 0.25) is 0 Å². The lowest BCUT2D eigenvalue weighted by molar-refractivity contribution is -0.173. The van der Waals surface area contributed by atoms with Crippen molar-refractivity contribution in [3.05, 3.63) is 38.7 Å². The van der Waals surface area contributed by atoms with E-state index in [-0.39, 0.29) is 5.56 Å². The van der Waals surface area contributed by atoms with Gasteiger partial charge < -0.3 is 25.4 Å². The molecule has 0 unspecified atom stereocenters. The molecule has 0 radical (unpaired) electrons. The van der Waals surface area contributed by atoms with Crippen LogP contribution in [0.4, 0.5) is 13.2 Å². The minimum atomic E-state index is -5.04. The number of aliphatic hydroxyl groups excluding tert-OH is 3. The van der Waals surface area contributed by atoms with Crippen molar-refractivity contribution < 1.29 is 38.0 Å². The predicted octanol–water partition coefficient (Wildman–Crippen LogP) is -2.16. The van der Waals surface area contributed by atoms with Gasteiger partial charge >= 0.3 is 17.8 Å². The van der Waals surface area contributed by atoms with Gasteiger partial charge in [0, 0.05) is 12.7 Å². The summed E-state index contributed by atoms with van der Waals surface area (Å²) in [6.45, 7) is -1.16. The molecule has 1 fully saturated rings. The summed E-state index contributed by atoms with van der Waals surface area (Å²) < 4.78 is 42.1. The molecule has 5 N–H and O–H groups in total. The zero-order valence-corrected chi connectivity index (χ0v) is 13.5. The molecule has 1 saturated heterocycles. The summed E-state index contributed by atoms with van der Waals surface area (Å²) in [4.78, 5) is 36.3. The fraction of sp³-hybridized carbons (Fsp3) is 0.500. The molecule has 4 atom stereocenters. The molecule has 0 spiro atoms. The maximum absolute atomic E-state index is 12.1. The Kier molecular flexibility index (Phi) is 6.20. The summed E-state index contributed by atoms with van der Waals surface area (Å²) in [5.74, 6) is -2.16. The van der Waals surface area contributed by atoms with Crippen molar-refractivity contribution in [3.8, 4) is 0 Å². The number of H-pyrrole nitrogens is 1. The van der Waals surface area contributed by atoms with Crippen LogP contribution in [0.15, 0.2) is 21.9 Å². The van der Waals surface area contributed by atoms with E-state index in [1.54, 1.807) is 5.32 Å². The van der Waals surface area contributed by atoms with Gasteiger partial charge in [0.1, 0.15) is 18.3 Å². The fourth-order valence-electron chi connectivity index (χ4n) is 2.36. The lowest BCUT2D eigenvalue weighted by Crippen LogP contribution is -2.38. The first-order valence-corrected chi connectivity index (χ1v) is 7.55. The molecule has 1 aliphatic rings. The second-order valence-corrected chi connectivity index (χ2v) is 5.59. The van der Waals surface area contributed by atoms with E-state index in [1.165, 1.54) is 0 Å². The van der Waals surface area contributed by atoms with Crippen LogP contribution in [0.5, 0.6) is 0 Å². The molecule has 0 aliphatic carbocycles. The molecule has 0 bridgehead atoms. The number of aliphatic hydroxyl groups is 3. The summed E-state index contributed by atoms with van der Waals surface area (Å²) in [6.07, 6.45) is -7.60. The number of ether oxygens (including phenoxy) is 1. The predicted molar refractivity (Wildman–Crippen MR) is 82.4 cm³/mol. The molecule has 13 heteroatoms. The van der Waals surface area contributed by atoms with Crippen molar-refractivity contribution >= 4 is 12.0 Å². The Morgan fingerprint density at radius 1 is 1.33 bits per heavy atom. The zero-order valence-electron chi connectivity index (χ0n) is 13.5. The number of carbonyl (C=O) groups is 1. The van der Waals surface area contributed by atoms with Gasteiger partial charge in [-0.1, -0.05) is 12.2 Å². The highest BCUT2D eigenvalue weighted by atomic mass is 19.4. The van der Waals surface area contributed by atoms with Gasteiger partial charge in [-0.15, -0.1) is 0 Å². The number of halogens is 3. The highest BCUT2D eigenvalue weighted by molar-refractivity contribution is 5.81. The Morgan fingerprint density at radius 2 is 2.00 bits per heavy atom. The zero-order chi connectivity index (χ0) is 20.4. The fourth-order valence-corrected chi connectivity index (χ4v) is 2.36. The molecule has 2 rings (SSSR count). The smallest absolute Gasteiger partial charge is 0.394 e. The van der Waals surface area contributed by atoms with E-state index in [0.29, 0.717) is 0 Å². The molecule has 1 aliphatic heterocycles. The number of carbonyl (C=O) groups excluding carboxylic acids is 1. The van der Waals surface area contributed by atoms with E-state index < -0.39 is 61.0 Å². The Hall–Kier alpha value is -2.48. The van der Waals surface area contributed by atoms with Gasteiger partial charge in [-0.05, 0) is 0 Å². The normalized spacial score (nSPS) is 25.9. The van der Waals surface area contributed by atoms with Gasteiger partial charge in [0.25, 0.3) is 5.56 Å². The number of hydrogen-bond donors (Lipinski definition) is 5. The Balaban J connectivity index is 2.19. The van der Waals surface area contributed by atoms with E-state index >= 15 is 0 Å². The molecule has 10 nitrogen and oxygen atoms in total. The molecule has 2 heterocycles. The number of hydrogen-bond acceptors (Lipinski definition) is 7. The second kappa shape index (κ2) is 8.04. The van der Waals surface area contributed by atoms with Gasteiger partial charge in [0.2, 0.25) is 0 Å². The van der Waals surface area contributed by atoms with E-state index in [4.69, 9.17) is 9.84 Å². The molecule has 1 amide bonds. The van der Waals surface area contributed by atoms with Crippen LogP contribution >= 0.6 is 0 Å². The van der Waals surface area contributed by atoms with Crippen LogP contribution in [0, 0.1) is 0 Å². The molecule has 1 aromatic rings. The molecule has 150 valence electrons. The van der Waals surface area contributed by atoms with Gasteiger partial charge in [-0.3, -0.25) is 19.1 Å². The maximum atomic E-state index is 12.1. The number of nitrogens with zero attached hydrogens (tertiary/aromatic N) is 1. The van der Waals surface area contributed by atoms with Crippen LogP contribution in [-0.4, -0.2) is 68.4 Å². The van der Waals surface area contributed by atoms with Gasteiger partial charge in [0.05, 0.1) is 12.2 Å². The standard InChI is InChI=1S/C14H16F3N3O7/c15-14(16,17)12(25)18-3-1-2-6-4-20(13(26)19-10(6)24)11-9(23)8(22)7(5-21)27-11/h1-2,4,7-9,11,21-23H,3,5H2,(H,18,25)(H,19,24,26)/t7-,8-,9+,11-/m1/s1. The highest BCUT2D eigenvalue weighted by Gasteiger charge is 2.43. The second-order valence-electron chi connectivity index (χ2n) is 5.59. The molecule has 27 heavy (non-hydrogen) atoms. The summed E-state index contributed by atoms with van der Waals surface area (Å²) in [7, 11) is 0. The van der Waals surface area contributed by atoms with Crippen LogP contribution in [0.1, 0.15) is 11.8 Å². The van der Waals surface area contributed by atoms with Gasteiger partial charge in [-0.2, -0.15) is 13.2 Å². The summed E-state index contributed by atoms with van der Waals surface area (Å²) in [5, 5.41) is 30.3. The minimum Gasteiger partial charge on any atom is -0.394 e. The van der Waals surface area contributed by atoms with E-state index in [9.17, 15) is 37.8 Å². The highest BCUT2D eigenvalue weighted by Crippen LogP contribution is 2.28. The largest absolute Gasteiger partial charge is 0.471 e. The quantitative estimate of drug-likeness (QED) is 0.381. The maximum Gasteiger partial charge on any atom is 0.471 e. The lowest BCUT2D eigenvalue weighted by atomic mass is 10.1. The Labute approximate surface area is 148 Å². The molecule has 0 saturated carbocycles. The molecule has 0 aromatic carbocycles. The number of rotatable bonds is 5. The summed E-state index contributed by atoms with van der Waals surface area (Å²) in [5.41, 5.74) is -2.03. The molecular weight excluding hydrogens is 379 g/mol. The number of aromatic amines is 1. The summed E-state index contributed by atoms with van der Waals surface area (Å²) >= 11 is 0. The first-order chi connectivity index (χ1) is 12.6. The van der Waals surface area contributed by atoms with Gasteiger partial charge in [-0.25, -0.2) is 4.79 Å². The topological polar surface area (TPSA) is 154 Å². The number of alkyl halides is 3. The van der Waals surface area contributed by atoms with Crippen LogP contribution in [-0.2, 0) is 9.53 Å². The average Bonchev–Trinajstić information content (AvgIpc) is 2.87. The third kappa shape index (κ3) is 4.63. The SMILES string of the molecule is O=C(NCC=Cc1cn([C@@H]2O[C@H](CO)[C@@H](O)[C@@H]2O)c(=O)[nH]c1=O)C(F)(F)F. The average molecular weight is 395 g/mol. The van der Waals surface area contributed by atoms with Crippen molar-refractivity contribution in [2.45, 2.75) is 30.7 Å². The first-order valence-electron chi connectivity index (χ1n) is 7.55. The third-order valence-electron chi connectivity index (χ3n) is 3.72. The van der Waals surface area contributed by atoms with Crippen molar-refractivity contribution in [2.24, 2.45) is 0 Å².